The molecule has 2 aromatic rings. The number of benzene rings is 1. The van der Waals surface area contributed by atoms with Crippen LogP contribution in [0.1, 0.15) is 62.4 Å². The van der Waals surface area contributed by atoms with Crippen LogP contribution in [0.15, 0.2) is 18.2 Å². The first-order chi connectivity index (χ1) is 10.3. The molecule has 2 saturated carbocycles. The maximum Gasteiger partial charge on any atom is 0.110 e. The molecule has 0 bridgehead atoms. The average molecular weight is 283 g/mol. The molecule has 0 amide bonds. The molecule has 0 atom stereocenters. The monoisotopic (exact) mass is 283 g/mol. The van der Waals surface area contributed by atoms with Crippen molar-refractivity contribution < 1.29 is 0 Å². The second kappa shape index (κ2) is 5.45. The number of nitrogens with zero attached hydrogens (tertiary/aromatic N) is 2. The van der Waals surface area contributed by atoms with Gasteiger partial charge in [0.25, 0.3) is 0 Å². The predicted octanol–water partition coefficient (Wildman–Crippen LogP) is 3.95. The largest absolute Gasteiger partial charge is 0.326 e. The summed E-state index contributed by atoms with van der Waals surface area (Å²) in [7, 11) is 0. The zero-order chi connectivity index (χ0) is 14.2. The molecule has 1 aromatic heterocycles. The lowest BCUT2D eigenvalue weighted by atomic mass is 9.87. The van der Waals surface area contributed by atoms with E-state index in [4.69, 9.17) is 10.7 Å². The minimum absolute atomic E-state index is 0.601. The molecule has 3 heteroatoms. The Morgan fingerprint density at radius 2 is 1.90 bits per heavy atom. The number of aromatic nitrogens is 2. The van der Waals surface area contributed by atoms with Crippen molar-refractivity contribution in [1.82, 2.24) is 9.55 Å². The maximum atomic E-state index is 5.77. The second-order valence-electron chi connectivity index (χ2n) is 6.86. The minimum atomic E-state index is 0.601. The highest BCUT2D eigenvalue weighted by Crippen LogP contribution is 2.40. The number of imidazole rings is 1. The van der Waals surface area contributed by atoms with Crippen LogP contribution in [0.25, 0.3) is 11.0 Å². The third-order valence-electron chi connectivity index (χ3n) is 5.17. The summed E-state index contributed by atoms with van der Waals surface area (Å²) in [6, 6.07) is 7.27. The first-order valence-corrected chi connectivity index (χ1v) is 8.55. The number of nitrogens with two attached hydrogens (primary N) is 1. The van der Waals surface area contributed by atoms with Crippen LogP contribution in [0.3, 0.4) is 0 Å². The molecule has 112 valence electrons. The molecule has 0 spiro atoms. The topological polar surface area (TPSA) is 43.8 Å². The molecular formula is C18H25N3. The normalized spacial score (nSPS) is 20.2. The fourth-order valence-electron chi connectivity index (χ4n) is 3.85. The summed E-state index contributed by atoms with van der Waals surface area (Å²) >= 11 is 0. The summed E-state index contributed by atoms with van der Waals surface area (Å²) in [5.74, 6) is 2.18. The van der Waals surface area contributed by atoms with E-state index in [0.29, 0.717) is 12.6 Å². The van der Waals surface area contributed by atoms with Crippen LogP contribution in [-0.4, -0.2) is 9.55 Å². The summed E-state index contributed by atoms with van der Waals surface area (Å²) in [4.78, 5) is 4.98. The smallest absolute Gasteiger partial charge is 0.110 e. The molecule has 3 nitrogen and oxygen atoms in total. The minimum Gasteiger partial charge on any atom is -0.326 e. The molecule has 4 rings (SSSR count). The van der Waals surface area contributed by atoms with E-state index in [1.807, 2.05) is 0 Å². The summed E-state index contributed by atoms with van der Waals surface area (Å²) in [6.45, 7) is 0.601. The summed E-state index contributed by atoms with van der Waals surface area (Å²) < 4.78 is 2.53. The van der Waals surface area contributed by atoms with Crippen LogP contribution in [0.4, 0.5) is 0 Å². The molecule has 21 heavy (non-hydrogen) atoms. The average Bonchev–Trinajstić information content (AvgIpc) is 3.29. The quantitative estimate of drug-likeness (QED) is 0.923. The standard InChI is InChI=1S/C18H25N3/c19-12-14-6-9-17-16(10-14)20-18(21(17)15-7-8-15)11-13-4-2-1-3-5-13/h6,9-10,13,15H,1-5,7-8,11-12,19H2. The third-order valence-corrected chi connectivity index (χ3v) is 5.17. The van der Waals surface area contributed by atoms with E-state index in [0.717, 1.165) is 11.4 Å². The molecule has 2 fully saturated rings. The van der Waals surface area contributed by atoms with E-state index in [1.165, 1.54) is 68.3 Å². The zero-order valence-electron chi connectivity index (χ0n) is 12.7. The molecule has 1 aromatic carbocycles. The van der Waals surface area contributed by atoms with Crippen molar-refractivity contribution in [2.45, 2.75) is 64.0 Å². The maximum absolute atomic E-state index is 5.77. The Morgan fingerprint density at radius 1 is 1.10 bits per heavy atom. The van der Waals surface area contributed by atoms with Crippen molar-refractivity contribution in [3.8, 4) is 0 Å². The SMILES string of the molecule is NCc1ccc2c(c1)nc(CC1CCCCC1)n2C1CC1. The fourth-order valence-corrected chi connectivity index (χ4v) is 3.85. The summed E-state index contributed by atoms with van der Waals surface area (Å²) in [6.07, 6.45) is 10.8. The Balaban J connectivity index is 1.70. The van der Waals surface area contributed by atoms with Gasteiger partial charge in [-0.1, -0.05) is 38.2 Å². The van der Waals surface area contributed by atoms with E-state index >= 15 is 0 Å². The van der Waals surface area contributed by atoms with E-state index < -0.39 is 0 Å². The van der Waals surface area contributed by atoms with Gasteiger partial charge in [-0.3, -0.25) is 0 Å². The van der Waals surface area contributed by atoms with Crippen LogP contribution < -0.4 is 5.73 Å². The van der Waals surface area contributed by atoms with Gasteiger partial charge >= 0.3 is 0 Å². The molecule has 2 aliphatic carbocycles. The van der Waals surface area contributed by atoms with Crippen molar-refractivity contribution in [1.29, 1.82) is 0 Å². The lowest BCUT2D eigenvalue weighted by Gasteiger charge is -2.21. The van der Waals surface area contributed by atoms with E-state index in [2.05, 4.69) is 22.8 Å². The van der Waals surface area contributed by atoms with Crippen LogP contribution in [0.5, 0.6) is 0 Å². The van der Waals surface area contributed by atoms with Crippen molar-refractivity contribution >= 4 is 11.0 Å². The molecule has 0 radical (unpaired) electrons. The Kier molecular flexibility index (Phi) is 3.46. The van der Waals surface area contributed by atoms with E-state index in [9.17, 15) is 0 Å². The molecule has 2 N–H and O–H groups in total. The van der Waals surface area contributed by atoms with E-state index in [-0.39, 0.29) is 0 Å². The zero-order valence-corrected chi connectivity index (χ0v) is 12.7. The lowest BCUT2D eigenvalue weighted by Crippen LogP contribution is -2.13. The van der Waals surface area contributed by atoms with Gasteiger partial charge in [0.2, 0.25) is 0 Å². The molecule has 0 saturated heterocycles. The third kappa shape index (κ3) is 2.59. The number of rotatable bonds is 4. The molecule has 0 unspecified atom stereocenters. The Morgan fingerprint density at radius 3 is 2.62 bits per heavy atom. The van der Waals surface area contributed by atoms with Gasteiger partial charge in [-0.05, 0) is 36.5 Å². The number of hydrogen-bond donors (Lipinski definition) is 1. The Hall–Kier alpha value is -1.35. The molecule has 1 heterocycles. The van der Waals surface area contributed by atoms with Gasteiger partial charge in [0.1, 0.15) is 5.82 Å². The first kappa shape index (κ1) is 13.3. The Labute approximate surface area is 126 Å². The highest BCUT2D eigenvalue weighted by molar-refractivity contribution is 5.77. The number of hydrogen-bond acceptors (Lipinski definition) is 2. The van der Waals surface area contributed by atoms with Crippen LogP contribution in [-0.2, 0) is 13.0 Å². The van der Waals surface area contributed by atoms with Crippen molar-refractivity contribution in [2.75, 3.05) is 0 Å². The highest BCUT2D eigenvalue weighted by Gasteiger charge is 2.29. The van der Waals surface area contributed by atoms with Crippen LogP contribution in [0, 0.1) is 5.92 Å². The van der Waals surface area contributed by atoms with Gasteiger partial charge in [0, 0.05) is 19.0 Å². The highest BCUT2D eigenvalue weighted by atomic mass is 15.1. The van der Waals surface area contributed by atoms with Gasteiger partial charge < -0.3 is 10.3 Å². The number of fused-ring (bicyclic) bond motifs is 1. The predicted molar refractivity (Wildman–Crippen MR) is 86.2 cm³/mol. The van der Waals surface area contributed by atoms with Gasteiger partial charge in [0.15, 0.2) is 0 Å². The van der Waals surface area contributed by atoms with Crippen molar-refractivity contribution in [3.63, 3.8) is 0 Å². The van der Waals surface area contributed by atoms with Crippen LogP contribution in [0.2, 0.25) is 0 Å². The fraction of sp³-hybridized carbons (Fsp3) is 0.611. The van der Waals surface area contributed by atoms with Crippen molar-refractivity contribution in [2.24, 2.45) is 11.7 Å². The lowest BCUT2D eigenvalue weighted by molar-refractivity contribution is 0.348. The molecular weight excluding hydrogens is 258 g/mol. The molecule has 0 aliphatic heterocycles. The molecule has 2 aliphatic rings. The van der Waals surface area contributed by atoms with Gasteiger partial charge in [0.05, 0.1) is 11.0 Å². The van der Waals surface area contributed by atoms with Crippen molar-refractivity contribution in [3.05, 3.63) is 29.6 Å². The van der Waals surface area contributed by atoms with Gasteiger partial charge in [-0.15, -0.1) is 0 Å². The summed E-state index contributed by atoms with van der Waals surface area (Å²) in [5.41, 5.74) is 9.43. The van der Waals surface area contributed by atoms with Gasteiger partial charge in [-0.2, -0.15) is 0 Å². The first-order valence-electron chi connectivity index (χ1n) is 8.55. The van der Waals surface area contributed by atoms with Crippen LogP contribution >= 0.6 is 0 Å². The Bertz CT molecular complexity index is 633. The summed E-state index contributed by atoms with van der Waals surface area (Å²) in [5, 5.41) is 0. The van der Waals surface area contributed by atoms with E-state index in [1.54, 1.807) is 0 Å². The van der Waals surface area contributed by atoms with Gasteiger partial charge in [-0.25, -0.2) is 4.98 Å². The second-order valence-corrected chi connectivity index (χ2v) is 6.86.